The van der Waals surface area contributed by atoms with Crippen molar-refractivity contribution in [2.45, 2.75) is 11.5 Å². The number of thiazole rings is 1. The first-order valence-corrected chi connectivity index (χ1v) is 9.24. The molecule has 0 aliphatic rings. The van der Waals surface area contributed by atoms with Gasteiger partial charge in [0.2, 0.25) is 10.0 Å². The predicted molar refractivity (Wildman–Crippen MR) is 92.4 cm³/mol. The summed E-state index contributed by atoms with van der Waals surface area (Å²) in [7, 11) is -3.71. The minimum atomic E-state index is -3.71. The Kier molecular flexibility index (Phi) is 4.58. The lowest BCUT2D eigenvalue weighted by molar-refractivity contribution is 0.286. The maximum Gasteiger partial charge on any atom is 0.238 e. The van der Waals surface area contributed by atoms with Gasteiger partial charge in [0.05, 0.1) is 22.1 Å². The van der Waals surface area contributed by atoms with Crippen molar-refractivity contribution in [3.63, 3.8) is 0 Å². The Balaban J connectivity index is 1.87. The van der Waals surface area contributed by atoms with Gasteiger partial charge in [0, 0.05) is 23.6 Å². The van der Waals surface area contributed by atoms with Gasteiger partial charge in [0.1, 0.15) is 0 Å². The fourth-order valence-electron chi connectivity index (χ4n) is 2.10. The maximum absolute atomic E-state index is 11.3. The maximum atomic E-state index is 11.3. The molecule has 24 heavy (non-hydrogen) atoms. The lowest BCUT2D eigenvalue weighted by atomic mass is 10.2. The monoisotopic (exact) mass is 362 g/mol. The second-order valence-electron chi connectivity index (χ2n) is 4.88. The van der Waals surface area contributed by atoms with Gasteiger partial charge in [0.25, 0.3) is 0 Å². The number of aromatic nitrogens is 2. The molecule has 1 aromatic carbocycles. The molecule has 0 saturated carbocycles. The minimum Gasteiger partial charge on any atom is -0.391 e. The highest BCUT2D eigenvalue weighted by Crippen LogP contribution is 2.32. The van der Waals surface area contributed by atoms with Gasteiger partial charge in [-0.1, -0.05) is 11.3 Å². The largest absolute Gasteiger partial charge is 0.391 e. The highest BCUT2D eigenvalue weighted by molar-refractivity contribution is 7.89. The number of anilines is 2. The number of pyridine rings is 1. The van der Waals surface area contributed by atoms with E-state index in [-0.39, 0.29) is 11.5 Å². The molecular formula is C15H14N4O3S2. The number of aliphatic hydroxyl groups excluding tert-OH is 1. The highest BCUT2D eigenvalue weighted by Gasteiger charge is 2.13. The predicted octanol–water partition coefficient (Wildman–Crippen LogP) is 2.09. The van der Waals surface area contributed by atoms with Crippen LogP contribution in [0.3, 0.4) is 0 Å². The van der Waals surface area contributed by atoms with Crippen molar-refractivity contribution in [3.05, 3.63) is 53.7 Å². The third kappa shape index (κ3) is 3.60. The number of hydrogen-bond donors (Lipinski definition) is 3. The number of benzene rings is 1. The summed E-state index contributed by atoms with van der Waals surface area (Å²) in [5, 5.41) is 18.3. The summed E-state index contributed by atoms with van der Waals surface area (Å²) >= 11 is 1.32. The molecule has 3 rings (SSSR count). The van der Waals surface area contributed by atoms with Gasteiger partial charge in [-0.3, -0.25) is 4.98 Å². The Morgan fingerprint density at radius 2 is 1.79 bits per heavy atom. The van der Waals surface area contributed by atoms with E-state index >= 15 is 0 Å². The molecule has 4 N–H and O–H groups in total. The number of nitrogens with two attached hydrogens (primary N) is 1. The third-order valence-corrected chi connectivity index (χ3v) is 5.11. The Hall–Kier alpha value is -2.33. The van der Waals surface area contributed by atoms with E-state index in [0.29, 0.717) is 16.5 Å². The van der Waals surface area contributed by atoms with E-state index in [1.165, 1.54) is 23.5 Å². The second kappa shape index (κ2) is 6.65. The Morgan fingerprint density at radius 1 is 1.12 bits per heavy atom. The van der Waals surface area contributed by atoms with Crippen molar-refractivity contribution in [1.29, 1.82) is 0 Å². The van der Waals surface area contributed by atoms with Crippen LogP contribution in [0.15, 0.2) is 53.7 Å². The summed E-state index contributed by atoms with van der Waals surface area (Å²) < 4.78 is 22.5. The lowest BCUT2D eigenvalue weighted by Crippen LogP contribution is -2.11. The van der Waals surface area contributed by atoms with Crippen molar-refractivity contribution >= 4 is 32.2 Å². The zero-order valence-corrected chi connectivity index (χ0v) is 14.0. The van der Waals surface area contributed by atoms with Crippen LogP contribution in [0.5, 0.6) is 0 Å². The Morgan fingerprint density at radius 3 is 2.38 bits per heavy atom. The average molecular weight is 362 g/mol. The fourth-order valence-corrected chi connectivity index (χ4v) is 3.48. The number of primary sulfonamides is 1. The number of nitrogens with one attached hydrogen (secondary N) is 1. The summed E-state index contributed by atoms with van der Waals surface area (Å²) in [6.45, 7) is -0.124. The SMILES string of the molecule is NS(=O)(=O)c1ccc(Nc2nc(-c3ccncc3)c(CO)s2)cc1. The second-order valence-corrected chi connectivity index (χ2v) is 7.52. The molecule has 124 valence electrons. The molecule has 7 nitrogen and oxygen atoms in total. The van der Waals surface area contributed by atoms with Crippen LogP contribution in [-0.2, 0) is 16.6 Å². The highest BCUT2D eigenvalue weighted by atomic mass is 32.2. The molecule has 0 spiro atoms. The molecule has 0 saturated heterocycles. The topological polar surface area (TPSA) is 118 Å². The van der Waals surface area contributed by atoms with Gasteiger partial charge in [-0.15, -0.1) is 0 Å². The van der Waals surface area contributed by atoms with Crippen LogP contribution < -0.4 is 10.5 Å². The van der Waals surface area contributed by atoms with Crippen LogP contribution in [-0.4, -0.2) is 23.5 Å². The normalized spacial score (nSPS) is 11.4. The first kappa shape index (κ1) is 16.5. The Bertz CT molecular complexity index is 939. The molecule has 0 aliphatic heterocycles. The molecule has 0 unspecified atom stereocenters. The van der Waals surface area contributed by atoms with E-state index < -0.39 is 10.0 Å². The van der Waals surface area contributed by atoms with E-state index in [2.05, 4.69) is 15.3 Å². The van der Waals surface area contributed by atoms with Gasteiger partial charge < -0.3 is 10.4 Å². The van der Waals surface area contributed by atoms with Gasteiger partial charge in [0.15, 0.2) is 5.13 Å². The number of sulfonamides is 1. The zero-order valence-electron chi connectivity index (χ0n) is 12.4. The summed E-state index contributed by atoms with van der Waals surface area (Å²) in [5.74, 6) is 0. The van der Waals surface area contributed by atoms with Crippen LogP contribution in [0.2, 0.25) is 0 Å². The van der Waals surface area contributed by atoms with E-state index in [4.69, 9.17) is 5.14 Å². The molecule has 2 aromatic heterocycles. The molecule has 0 atom stereocenters. The molecule has 3 aromatic rings. The van der Waals surface area contributed by atoms with E-state index in [9.17, 15) is 13.5 Å². The fraction of sp³-hybridized carbons (Fsp3) is 0.0667. The molecule has 0 bridgehead atoms. The summed E-state index contributed by atoms with van der Waals surface area (Å²) in [5.41, 5.74) is 2.22. The van der Waals surface area contributed by atoms with Crippen molar-refractivity contribution in [1.82, 2.24) is 9.97 Å². The van der Waals surface area contributed by atoms with E-state index in [1.807, 2.05) is 12.1 Å². The number of nitrogens with zero attached hydrogens (tertiary/aromatic N) is 2. The standard InChI is InChI=1S/C15H14N4O3S2/c16-24(21,22)12-3-1-11(2-4-12)18-15-19-14(13(9-20)23-15)10-5-7-17-8-6-10/h1-8,20H,9H2,(H,18,19)(H2,16,21,22). The number of hydrogen-bond acceptors (Lipinski definition) is 7. The van der Waals surface area contributed by atoms with Crippen LogP contribution in [0.4, 0.5) is 10.8 Å². The summed E-state index contributed by atoms with van der Waals surface area (Å²) in [4.78, 5) is 9.23. The van der Waals surface area contributed by atoms with Gasteiger partial charge in [-0.25, -0.2) is 18.5 Å². The smallest absolute Gasteiger partial charge is 0.238 e. The van der Waals surface area contributed by atoms with Crippen molar-refractivity contribution in [3.8, 4) is 11.3 Å². The zero-order chi connectivity index (χ0) is 17.2. The van der Waals surface area contributed by atoms with Crippen LogP contribution in [0.25, 0.3) is 11.3 Å². The summed E-state index contributed by atoms with van der Waals surface area (Å²) in [6.07, 6.45) is 3.32. The molecule has 0 aliphatic carbocycles. The molecule has 2 heterocycles. The molecule has 9 heteroatoms. The Labute approximate surface area is 142 Å². The molecular weight excluding hydrogens is 348 g/mol. The minimum absolute atomic E-state index is 0.0423. The van der Waals surface area contributed by atoms with Gasteiger partial charge in [-0.05, 0) is 36.4 Å². The van der Waals surface area contributed by atoms with Crippen molar-refractivity contribution < 1.29 is 13.5 Å². The molecule has 0 amide bonds. The quantitative estimate of drug-likeness (QED) is 0.639. The van der Waals surface area contributed by atoms with Crippen LogP contribution in [0, 0.1) is 0 Å². The third-order valence-electron chi connectivity index (χ3n) is 3.23. The number of rotatable bonds is 5. The molecule has 0 radical (unpaired) electrons. The van der Waals surface area contributed by atoms with Gasteiger partial charge in [-0.2, -0.15) is 0 Å². The lowest BCUT2D eigenvalue weighted by Gasteiger charge is -2.03. The van der Waals surface area contributed by atoms with E-state index in [1.54, 1.807) is 24.5 Å². The average Bonchev–Trinajstić information content (AvgIpc) is 2.98. The van der Waals surface area contributed by atoms with Crippen LogP contribution in [0.1, 0.15) is 4.88 Å². The van der Waals surface area contributed by atoms with E-state index in [0.717, 1.165) is 10.4 Å². The van der Waals surface area contributed by atoms with Gasteiger partial charge >= 0.3 is 0 Å². The van der Waals surface area contributed by atoms with Crippen LogP contribution >= 0.6 is 11.3 Å². The molecule has 0 fully saturated rings. The first-order valence-electron chi connectivity index (χ1n) is 6.88. The van der Waals surface area contributed by atoms with Crippen molar-refractivity contribution in [2.75, 3.05) is 5.32 Å². The first-order chi connectivity index (χ1) is 11.5. The summed E-state index contributed by atoms with van der Waals surface area (Å²) in [6, 6.07) is 9.68. The van der Waals surface area contributed by atoms with Crippen molar-refractivity contribution in [2.24, 2.45) is 5.14 Å². The number of aliphatic hydroxyl groups is 1.